The average molecular weight is 244 g/mol. The fraction of sp³-hybridized carbons (Fsp3) is 0.917. The number of nitrogens with one attached hydrogen (secondary N) is 1. The zero-order valence-electron chi connectivity index (χ0n) is 10.4. The van der Waals surface area contributed by atoms with Crippen LogP contribution >= 0.6 is 11.8 Å². The Balaban J connectivity index is 2.41. The monoisotopic (exact) mass is 244 g/mol. The van der Waals surface area contributed by atoms with Crippen molar-refractivity contribution in [1.29, 1.82) is 0 Å². The van der Waals surface area contributed by atoms with Crippen LogP contribution in [0, 0.1) is 5.92 Å². The lowest BCUT2D eigenvalue weighted by Crippen LogP contribution is -2.45. The molecule has 1 rings (SSSR count). The zero-order valence-corrected chi connectivity index (χ0v) is 11.2. The van der Waals surface area contributed by atoms with E-state index in [0.717, 1.165) is 12.8 Å². The minimum atomic E-state index is 0.0504. The lowest BCUT2D eigenvalue weighted by molar-refractivity contribution is -0.125. The van der Waals surface area contributed by atoms with Crippen molar-refractivity contribution in [3.63, 3.8) is 0 Å². The van der Waals surface area contributed by atoms with E-state index in [1.807, 2.05) is 18.7 Å². The summed E-state index contributed by atoms with van der Waals surface area (Å²) in [5.41, 5.74) is 5.47. The molecule has 0 aromatic heterocycles. The maximum Gasteiger partial charge on any atom is 0.223 e. The molecule has 3 atom stereocenters. The first-order valence-corrected chi connectivity index (χ1v) is 7.51. The van der Waals surface area contributed by atoms with E-state index in [1.165, 1.54) is 19.3 Å². The van der Waals surface area contributed by atoms with Crippen LogP contribution in [0.4, 0.5) is 0 Å². The lowest BCUT2D eigenvalue weighted by Gasteiger charge is -2.31. The summed E-state index contributed by atoms with van der Waals surface area (Å²) in [4.78, 5) is 11.9. The highest BCUT2D eigenvalue weighted by molar-refractivity contribution is 7.99. The Hall–Kier alpha value is -0.220. The van der Waals surface area contributed by atoms with E-state index in [9.17, 15) is 4.79 Å². The number of thioether (sulfide) groups is 1. The predicted octanol–water partition coefficient (Wildman–Crippen LogP) is 1.76. The molecule has 0 aliphatic heterocycles. The number of hydrogen-bond acceptors (Lipinski definition) is 3. The summed E-state index contributed by atoms with van der Waals surface area (Å²) in [5, 5.41) is 3.79. The Morgan fingerprint density at radius 1 is 1.50 bits per heavy atom. The van der Waals surface area contributed by atoms with Gasteiger partial charge in [0.15, 0.2) is 0 Å². The summed E-state index contributed by atoms with van der Waals surface area (Å²) in [5.74, 6) is 0.228. The van der Waals surface area contributed by atoms with Crippen molar-refractivity contribution in [3.8, 4) is 0 Å². The van der Waals surface area contributed by atoms with Gasteiger partial charge in [-0.2, -0.15) is 11.8 Å². The Morgan fingerprint density at radius 2 is 2.19 bits per heavy atom. The molecular formula is C12H24N2OS. The minimum Gasteiger partial charge on any atom is -0.352 e. The molecular weight excluding hydrogens is 220 g/mol. The normalized spacial score (nSPS) is 27.4. The van der Waals surface area contributed by atoms with E-state index in [1.54, 1.807) is 0 Å². The fourth-order valence-corrected chi connectivity index (χ4v) is 3.19. The van der Waals surface area contributed by atoms with Crippen molar-refractivity contribution in [2.24, 2.45) is 11.7 Å². The first kappa shape index (κ1) is 13.8. The Labute approximate surface area is 103 Å². The molecule has 0 spiro atoms. The van der Waals surface area contributed by atoms with E-state index in [0.29, 0.717) is 17.8 Å². The van der Waals surface area contributed by atoms with E-state index in [2.05, 4.69) is 11.6 Å². The number of rotatable bonds is 5. The topological polar surface area (TPSA) is 55.1 Å². The summed E-state index contributed by atoms with van der Waals surface area (Å²) < 4.78 is 0. The van der Waals surface area contributed by atoms with Gasteiger partial charge in [0.1, 0.15) is 0 Å². The van der Waals surface area contributed by atoms with Gasteiger partial charge < -0.3 is 11.1 Å². The Bertz CT molecular complexity index is 223. The second-order valence-electron chi connectivity index (χ2n) is 4.65. The van der Waals surface area contributed by atoms with Gasteiger partial charge >= 0.3 is 0 Å². The molecule has 3 N–H and O–H groups in total. The molecule has 94 valence electrons. The van der Waals surface area contributed by atoms with Crippen molar-refractivity contribution in [2.75, 3.05) is 12.8 Å². The molecule has 1 aliphatic rings. The second-order valence-corrected chi connectivity index (χ2v) is 5.73. The Morgan fingerprint density at radius 3 is 2.81 bits per heavy atom. The van der Waals surface area contributed by atoms with E-state index < -0.39 is 0 Å². The molecule has 0 aromatic rings. The first-order valence-electron chi connectivity index (χ1n) is 6.22. The van der Waals surface area contributed by atoms with Gasteiger partial charge in [0.05, 0.1) is 0 Å². The molecule has 0 radical (unpaired) electrons. The quantitative estimate of drug-likeness (QED) is 0.775. The van der Waals surface area contributed by atoms with Gasteiger partial charge in [-0.15, -0.1) is 0 Å². The van der Waals surface area contributed by atoms with Gasteiger partial charge in [-0.05, 0) is 32.1 Å². The van der Waals surface area contributed by atoms with Crippen molar-refractivity contribution in [3.05, 3.63) is 0 Å². The molecule has 1 fully saturated rings. The molecule has 0 saturated heterocycles. The third-order valence-corrected chi connectivity index (χ3v) is 4.55. The summed E-state index contributed by atoms with van der Waals surface area (Å²) in [6, 6.07) is 0.372. The third-order valence-electron chi connectivity index (χ3n) is 3.38. The van der Waals surface area contributed by atoms with Crippen LogP contribution in [-0.2, 0) is 4.79 Å². The maximum absolute atomic E-state index is 11.9. The fourth-order valence-electron chi connectivity index (χ4n) is 2.25. The van der Waals surface area contributed by atoms with Crippen LogP contribution in [0.5, 0.6) is 0 Å². The second kappa shape index (κ2) is 7.17. The van der Waals surface area contributed by atoms with Gasteiger partial charge in [-0.25, -0.2) is 0 Å². The van der Waals surface area contributed by atoms with Crippen LogP contribution < -0.4 is 11.1 Å². The largest absolute Gasteiger partial charge is 0.352 e. The highest BCUT2D eigenvalue weighted by Gasteiger charge is 2.26. The van der Waals surface area contributed by atoms with Gasteiger partial charge in [0.25, 0.3) is 0 Å². The number of hydrogen-bond donors (Lipinski definition) is 2. The Kier molecular flexibility index (Phi) is 6.21. The van der Waals surface area contributed by atoms with Crippen LogP contribution in [0.25, 0.3) is 0 Å². The van der Waals surface area contributed by atoms with Gasteiger partial charge in [0.2, 0.25) is 5.91 Å². The highest BCUT2D eigenvalue weighted by Crippen LogP contribution is 2.27. The molecule has 3 unspecified atom stereocenters. The molecule has 16 heavy (non-hydrogen) atoms. The van der Waals surface area contributed by atoms with Crippen molar-refractivity contribution in [2.45, 2.75) is 50.3 Å². The molecule has 3 nitrogen and oxygen atoms in total. The van der Waals surface area contributed by atoms with Crippen molar-refractivity contribution < 1.29 is 4.79 Å². The summed E-state index contributed by atoms with van der Waals surface area (Å²) in [6.07, 6.45) is 7.83. The number of carbonyl (C=O) groups is 1. The molecule has 1 amide bonds. The van der Waals surface area contributed by atoms with E-state index in [4.69, 9.17) is 5.73 Å². The number of nitrogens with two attached hydrogens (primary N) is 1. The van der Waals surface area contributed by atoms with Crippen LogP contribution in [0.2, 0.25) is 0 Å². The third kappa shape index (κ3) is 3.98. The molecule has 0 bridgehead atoms. The number of amides is 1. The first-order chi connectivity index (χ1) is 7.69. The zero-order chi connectivity index (χ0) is 12.0. The van der Waals surface area contributed by atoms with E-state index >= 15 is 0 Å². The lowest BCUT2D eigenvalue weighted by atomic mass is 9.94. The number of carbonyl (C=O) groups excluding carboxylic acids is 1. The van der Waals surface area contributed by atoms with Gasteiger partial charge in [0, 0.05) is 17.2 Å². The summed E-state index contributed by atoms with van der Waals surface area (Å²) in [6.45, 7) is 2.55. The summed E-state index contributed by atoms with van der Waals surface area (Å²) >= 11 is 1.88. The van der Waals surface area contributed by atoms with E-state index in [-0.39, 0.29) is 11.8 Å². The van der Waals surface area contributed by atoms with Crippen LogP contribution in [0.15, 0.2) is 0 Å². The van der Waals surface area contributed by atoms with Crippen LogP contribution in [0.3, 0.4) is 0 Å². The van der Waals surface area contributed by atoms with Crippen LogP contribution in [-0.4, -0.2) is 30.0 Å². The van der Waals surface area contributed by atoms with Crippen molar-refractivity contribution in [1.82, 2.24) is 5.32 Å². The van der Waals surface area contributed by atoms with Crippen LogP contribution in [0.1, 0.15) is 39.0 Å². The molecule has 4 heteroatoms. The molecule has 1 saturated carbocycles. The smallest absolute Gasteiger partial charge is 0.223 e. The molecule has 1 aliphatic carbocycles. The molecule has 0 aromatic carbocycles. The van der Waals surface area contributed by atoms with Crippen molar-refractivity contribution >= 4 is 17.7 Å². The maximum atomic E-state index is 11.9. The highest BCUT2D eigenvalue weighted by atomic mass is 32.2. The van der Waals surface area contributed by atoms with Gasteiger partial charge in [-0.3, -0.25) is 4.79 Å². The minimum absolute atomic E-state index is 0.0504. The molecule has 0 heterocycles. The average Bonchev–Trinajstić information content (AvgIpc) is 2.30. The predicted molar refractivity (Wildman–Crippen MR) is 70.5 cm³/mol. The standard InChI is InChI=1S/C12H24N2OS/c1-9(7-8-13)12(15)14-10-5-3-4-6-11(10)16-2/h9-11H,3-8,13H2,1-2H3,(H,14,15). The SMILES string of the molecule is CSC1CCCCC1NC(=O)C(C)CCN. The summed E-state index contributed by atoms with van der Waals surface area (Å²) in [7, 11) is 0. The van der Waals surface area contributed by atoms with Gasteiger partial charge in [-0.1, -0.05) is 19.8 Å².